The van der Waals surface area contributed by atoms with E-state index in [1.54, 1.807) is 11.8 Å². The largest absolute Gasteiger partial charge is 0.397 e. The minimum atomic E-state index is -0.599. The van der Waals surface area contributed by atoms with Gasteiger partial charge in [-0.1, -0.05) is 11.6 Å². The number of nitrogen functional groups attached to an aromatic ring is 1. The molecule has 0 bridgehead atoms. The molecule has 1 aliphatic heterocycles. The summed E-state index contributed by atoms with van der Waals surface area (Å²) >= 11 is 7.61. The third-order valence-electron chi connectivity index (χ3n) is 3.07. The number of nitro groups is 1. The Morgan fingerprint density at radius 1 is 1.55 bits per heavy atom. The lowest BCUT2D eigenvalue weighted by Crippen LogP contribution is -2.38. The Bertz CT molecular complexity index is 547. The van der Waals surface area contributed by atoms with Gasteiger partial charge in [-0.05, 0) is 18.6 Å². The molecule has 1 aromatic rings. The van der Waals surface area contributed by atoms with E-state index in [9.17, 15) is 14.9 Å². The smallest absolute Gasteiger partial charge is 0.271 e. The minimum absolute atomic E-state index is 0.0161. The van der Waals surface area contributed by atoms with Crippen LogP contribution < -0.4 is 11.1 Å². The van der Waals surface area contributed by atoms with Gasteiger partial charge >= 0.3 is 0 Å². The molecule has 3 N–H and O–H groups in total. The van der Waals surface area contributed by atoms with Crippen LogP contribution in [0.2, 0.25) is 5.02 Å². The molecule has 108 valence electrons. The maximum atomic E-state index is 12.2. The van der Waals surface area contributed by atoms with E-state index >= 15 is 0 Å². The number of non-ortho nitro benzene ring substituents is 1. The van der Waals surface area contributed by atoms with Crippen LogP contribution >= 0.6 is 23.4 Å². The number of carbonyl (C=O) groups is 1. The van der Waals surface area contributed by atoms with Crippen molar-refractivity contribution < 1.29 is 9.72 Å². The fourth-order valence-electron chi connectivity index (χ4n) is 2.01. The van der Waals surface area contributed by atoms with Crippen molar-refractivity contribution in [3.05, 3.63) is 32.8 Å². The van der Waals surface area contributed by atoms with E-state index < -0.39 is 10.8 Å². The molecule has 1 heterocycles. The standard InChI is InChI=1S/C12H14ClN3O3S/c13-10-5-8(16(18)19)4-9(11(10)14)12(17)15-7-2-1-3-20-6-7/h4-5,7H,1-3,6,14H2,(H,15,17). The van der Waals surface area contributed by atoms with Gasteiger partial charge in [-0.2, -0.15) is 11.8 Å². The van der Waals surface area contributed by atoms with E-state index in [-0.39, 0.29) is 28.0 Å². The highest BCUT2D eigenvalue weighted by atomic mass is 35.5. The average molecular weight is 316 g/mol. The molecule has 1 aliphatic rings. The normalized spacial score (nSPS) is 18.6. The molecule has 1 saturated heterocycles. The predicted octanol–water partition coefficient (Wildman–Crippen LogP) is 2.46. The summed E-state index contributed by atoms with van der Waals surface area (Å²) in [4.78, 5) is 22.4. The van der Waals surface area contributed by atoms with Crippen LogP contribution in [0.1, 0.15) is 23.2 Å². The summed E-state index contributed by atoms with van der Waals surface area (Å²) in [7, 11) is 0. The first-order chi connectivity index (χ1) is 9.49. The molecule has 0 radical (unpaired) electrons. The summed E-state index contributed by atoms with van der Waals surface area (Å²) in [5.41, 5.74) is 5.62. The van der Waals surface area contributed by atoms with Crippen LogP contribution in [-0.4, -0.2) is 28.4 Å². The molecule has 1 fully saturated rings. The minimum Gasteiger partial charge on any atom is -0.397 e. The molecule has 0 aliphatic carbocycles. The Kier molecular flexibility index (Phi) is 4.72. The van der Waals surface area contributed by atoms with Gasteiger partial charge in [0, 0.05) is 23.9 Å². The second kappa shape index (κ2) is 6.32. The molecule has 1 unspecified atom stereocenters. The third kappa shape index (κ3) is 3.34. The Morgan fingerprint density at radius 2 is 2.30 bits per heavy atom. The van der Waals surface area contributed by atoms with Crippen LogP contribution in [0.15, 0.2) is 12.1 Å². The van der Waals surface area contributed by atoms with Gasteiger partial charge in [0.15, 0.2) is 0 Å². The number of amides is 1. The number of nitrogens with one attached hydrogen (secondary N) is 1. The maximum Gasteiger partial charge on any atom is 0.271 e. The Labute approximate surface area is 125 Å². The number of anilines is 1. The van der Waals surface area contributed by atoms with Crippen molar-refractivity contribution in [3.8, 4) is 0 Å². The number of hydrogen-bond acceptors (Lipinski definition) is 5. The van der Waals surface area contributed by atoms with E-state index in [0.717, 1.165) is 36.5 Å². The zero-order chi connectivity index (χ0) is 14.7. The first-order valence-electron chi connectivity index (χ1n) is 6.11. The third-order valence-corrected chi connectivity index (χ3v) is 4.59. The second-order valence-corrected chi connectivity index (χ2v) is 6.09. The van der Waals surface area contributed by atoms with Crippen molar-refractivity contribution in [1.82, 2.24) is 5.32 Å². The molecule has 1 amide bonds. The number of benzene rings is 1. The summed E-state index contributed by atoms with van der Waals surface area (Å²) in [6.07, 6.45) is 1.95. The number of rotatable bonds is 3. The SMILES string of the molecule is Nc1c(Cl)cc([N+](=O)[O-])cc1C(=O)NC1CCCSC1. The van der Waals surface area contributed by atoms with Crippen LogP contribution in [0.4, 0.5) is 11.4 Å². The van der Waals surface area contributed by atoms with E-state index in [1.165, 1.54) is 0 Å². The van der Waals surface area contributed by atoms with Crippen molar-refractivity contribution in [2.75, 3.05) is 17.2 Å². The lowest BCUT2D eigenvalue weighted by molar-refractivity contribution is -0.384. The number of hydrogen-bond donors (Lipinski definition) is 2. The topological polar surface area (TPSA) is 98.3 Å². The summed E-state index contributed by atoms with van der Waals surface area (Å²) in [6, 6.07) is 2.37. The van der Waals surface area contributed by atoms with Gasteiger partial charge in [0.1, 0.15) is 0 Å². The van der Waals surface area contributed by atoms with Gasteiger partial charge in [0.25, 0.3) is 11.6 Å². The number of carbonyl (C=O) groups excluding carboxylic acids is 1. The van der Waals surface area contributed by atoms with Crippen molar-refractivity contribution in [2.24, 2.45) is 0 Å². The molecule has 2 rings (SSSR count). The van der Waals surface area contributed by atoms with Crippen LogP contribution in [0.25, 0.3) is 0 Å². The van der Waals surface area contributed by atoms with Gasteiger partial charge in [-0.3, -0.25) is 14.9 Å². The second-order valence-electron chi connectivity index (χ2n) is 4.53. The summed E-state index contributed by atoms with van der Waals surface area (Å²) < 4.78 is 0. The van der Waals surface area contributed by atoms with Crippen LogP contribution in [0.3, 0.4) is 0 Å². The van der Waals surface area contributed by atoms with Crippen molar-refractivity contribution in [2.45, 2.75) is 18.9 Å². The maximum absolute atomic E-state index is 12.2. The van der Waals surface area contributed by atoms with Crippen LogP contribution in [0.5, 0.6) is 0 Å². The summed E-state index contributed by atoms with van der Waals surface area (Å²) in [5, 5.41) is 13.7. The number of thioether (sulfide) groups is 1. The van der Waals surface area contributed by atoms with Gasteiger partial charge in [0.2, 0.25) is 0 Å². The number of halogens is 1. The predicted molar refractivity (Wildman–Crippen MR) is 80.3 cm³/mol. The van der Waals surface area contributed by atoms with E-state index in [4.69, 9.17) is 17.3 Å². The lowest BCUT2D eigenvalue weighted by atomic mass is 10.1. The van der Waals surface area contributed by atoms with Gasteiger partial charge in [0.05, 0.1) is 21.2 Å². The molecule has 0 aromatic heterocycles. The summed E-state index contributed by atoms with van der Waals surface area (Å²) in [5.74, 6) is 1.52. The van der Waals surface area contributed by atoms with E-state index in [0.29, 0.717) is 0 Å². The highest BCUT2D eigenvalue weighted by Crippen LogP contribution is 2.29. The monoisotopic (exact) mass is 315 g/mol. The quantitative estimate of drug-likeness (QED) is 0.507. The Balaban J connectivity index is 2.21. The molecule has 1 atom stereocenters. The van der Waals surface area contributed by atoms with Crippen LogP contribution in [-0.2, 0) is 0 Å². The number of nitrogens with zero attached hydrogens (tertiary/aromatic N) is 1. The highest BCUT2D eigenvalue weighted by Gasteiger charge is 2.22. The van der Waals surface area contributed by atoms with Crippen molar-refractivity contribution in [1.29, 1.82) is 0 Å². The van der Waals surface area contributed by atoms with Crippen molar-refractivity contribution >= 4 is 40.6 Å². The average Bonchev–Trinajstić information content (AvgIpc) is 2.42. The summed E-state index contributed by atoms with van der Waals surface area (Å²) in [6.45, 7) is 0. The van der Waals surface area contributed by atoms with Gasteiger partial charge in [-0.15, -0.1) is 0 Å². The fourth-order valence-corrected chi connectivity index (χ4v) is 3.30. The first-order valence-corrected chi connectivity index (χ1v) is 7.64. The first kappa shape index (κ1) is 14.9. The lowest BCUT2D eigenvalue weighted by Gasteiger charge is -2.22. The Hall–Kier alpha value is -1.47. The molecule has 1 aromatic carbocycles. The molecular formula is C12H14ClN3O3S. The van der Waals surface area contributed by atoms with Gasteiger partial charge in [-0.25, -0.2) is 0 Å². The highest BCUT2D eigenvalue weighted by molar-refractivity contribution is 7.99. The molecule has 6 nitrogen and oxygen atoms in total. The zero-order valence-electron chi connectivity index (χ0n) is 10.6. The van der Waals surface area contributed by atoms with Gasteiger partial charge < -0.3 is 11.1 Å². The molecular weight excluding hydrogens is 302 g/mol. The molecule has 0 saturated carbocycles. The number of nitrogens with two attached hydrogens (primary N) is 1. The Morgan fingerprint density at radius 3 is 2.90 bits per heavy atom. The zero-order valence-corrected chi connectivity index (χ0v) is 12.2. The van der Waals surface area contributed by atoms with E-state index in [1.807, 2.05) is 0 Å². The molecule has 20 heavy (non-hydrogen) atoms. The van der Waals surface area contributed by atoms with E-state index in [2.05, 4.69) is 5.32 Å². The molecule has 8 heteroatoms. The van der Waals surface area contributed by atoms with Crippen molar-refractivity contribution in [3.63, 3.8) is 0 Å². The fraction of sp³-hybridized carbons (Fsp3) is 0.417. The molecule has 0 spiro atoms. The number of nitro benzene ring substituents is 1. The van der Waals surface area contributed by atoms with Crippen LogP contribution in [0, 0.1) is 10.1 Å².